The Bertz CT molecular complexity index is 147. The second-order valence-corrected chi connectivity index (χ2v) is 4.79. The van der Waals surface area contributed by atoms with Crippen molar-refractivity contribution in [2.75, 3.05) is 26.9 Å². The molecule has 3 nitrogen and oxygen atoms in total. The predicted molar refractivity (Wildman–Crippen MR) is 54.7 cm³/mol. The highest BCUT2D eigenvalue weighted by Gasteiger charge is 2.20. The minimum atomic E-state index is -0.0275. The average molecular weight is 186 g/mol. The van der Waals surface area contributed by atoms with Crippen LogP contribution in [0.15, 0.2) is 0 Å². The van der Waals surface area contributed by atoms with E-state index in [9.17, 15) is 0 Å². The Morgan fingerprint density at radius 1 is 1.46 bits per heavy atom. The van der Waals surface area contributed by atoms with E-state index in [-0.39, 0.29) is 5.60 Å². The molecule has 13 heavy (non-hydrogen) atoms. The van der Waals surface area contributed by atoms with Gasteiger partial charge in [-0.15, -0.1) is 0 Å². The van der Waals surface area contributed by atoms with E-state index in [0.29, 0.717) is 6.04 Å². The lowest BCUT2D eigenvalue weighted by molar-refractivity contribution is -0.0651. The molecule has 0 spiro atoms. The summed E-state index contributed by atoms with van der Waals surface area (Å²) in [6, 6.07) is 0.655. The maximum absolute atomic E-state index is 5.70. The first-order valence-corrected chi connectivity index (χ1v) is 5.04. The summed E-state index contributed by atoms with van der Waals surface area (Å²) in [6.45, 7) is 9.25. The molecule has 1 fully saturated rings. The van der Waals surface area contributed by atoms with Crippen LogP contribution in [0.2, 0.25) is 0 Å². The molecule has 3 heteroatoms. The van der Waals surface area contributed by atoms with Crippen molar-refractivity contribution >= 4 is 0 Å². The second kappa shape index (κ2) is 4.40. The van der Waals surface area contributed by atoms with Gasteiger partial charge in [0.1, 0.15) is 0 Å². The molecular formula is C10H22N2O. The van der Waals surface area contributed by atoms with E-state index in [1.807, 2.05) is 0 Å². The fraction of sp³-hybridized carbons (Fsp3) is 1.00. The molecule has 0 radical (unpaired) electrons. The normalized spacial score (nSPS) is 24.2. The van der Waals surface area contributed by atoms with Crippen LogP contribution >= 0.6 is 0 Å². The largest absolute Gasteiger partial charge is 0.360 e. The molecule has 1 aliphatic heterocycles. The molecular weight excluding hydrogens is 164 g/mol. The van der Waals surface area contributed by atoms with Crippen LogP contribution in [0.25, 0.3) is 0 Å². The third-order valence-electron chi connectivity index (χ3n) is 2.36. The molecule has 1 rings (SSSR count). The van der Waals surface area contributed by atoms with Gasteiger partial charge in [0.25, 0.3) is 0 Å². The van der Waals surface area contributed by atoms with E-state index in [1.54, 1.807) is 0 Å². The Morgan fingerprint density at radius 3 is 2.62 bits per heavy atom. The van der Waals surface area contributed by atoms with Crippen molar-refractivity contribution in [1.82, 2.24) is 10.2 Å². The topological polar surface area (TPSA) is 24.5 Å². The molecule has 1 saturated heterocycles. The van der Waals surface area contributed by atoms with Gasteiger partial charge < -0.3 is 10.1 Å². The zero-order valence-corrected chi connectivity index (χ0v) is 9.26. The lowest BCUT2D eigenvalue weighted by Crippen LogP contribution is -2.37. The summed E-state index contributed by atoms with van der Waals surface area (Å²) in [5.74, 6) is 0. The lowest BCUT2D eigenvalue weighted by Gasteiger charge is -2.28. The maximum atomic E-state index is 5.70. The van der Waals surface area contributed by atoms with Gasteiger partial charge in [-0.2, -0.15) is 0 Å². The van der Waals surface area contributed by atoms with Crippen molar-refractivity contribution in [3.63, 3.8) is 0 Å². The zero-order chi connectivity index (χ0) is 9.90. The summed E-state index contributed by atoms with van der Waals surface area (Å²) in [5, 5.41) is 3.35. The molecule has 0 aromatic rings. The van der Waals surface area contributed by atoms with Crippen molar-refractivity contribution in [3.8, 4) is 0 Å². The van der Waals surface area contributed by atoms with Crippen LogP contribution in [-0.4, -0.2) is 43.4 Å². The van der Waals surface area contributed by atoms with Gasteiger partial charge in [0.15, 0.2) is 0 Å². The molecule has 1 heterocycles. The highest BCUT2D eigenvalue weighted by atomic mass is 16.5. The number of nitrogens with one attached hydrogen (secondary N) is 1. The number of likely N-dealkylation sites (N-methyl/N-ethyl adjacent to an activating group) is 1. The standard InChI is InChI=1S/C10H22N2O/c1-10(2,3)13-8-12(4)9-5-6-11-7-9/h9,11H,5-8H2,1-4H3/t9-/m1/s1. The molecule has 1 atom stereocenters. The van der Waals surface area contributed by atoms with E-state index in [0.717, 1.165) is 19.8 Å². The van der Waals surface area contributed by atoms with Crippen molar-refractivity contribution in [2.24, 2.45) is 0 Å². The Hall–Kier alpha value is -0.120. The predicted octanol–water partition coefficient (Wildman–Crippen LogP) is 1.05. The first-order chi connectivity index (χ1) is 5.99. The van der Waals surface area contributed by atoms with Crippen LogP contribution in [0.5, 0.6) is 0 Å². The first-order valence-electron chi connectivity index (χ1n) is 5.04. The van der Waals surface area contributed by atoms with Crippen molar-refractivity contribution < 1.29 is 4.74 Å². The highest BCUT2D eigenvalue weighted by Crippen LogP contribution is 2.10. The average Bonchev–Trinajstić information content (AvgIpc) is 2.50. The van der Waals surface area contributed by atoms with Crippen molar-refractivity contribution in [3.05, 3.63) is 0 Å². The number of hydrogen-bond donors (Lipinski definition) is 1. The number of ether oxygens (including phenoxy) is 1. The van der Waals surface area contributed by atoms with Crippen LogP contribution < -0.4 is 5.32 Å². The summed E-state index contributed by atoms with van der Waals surface area (Å²) in [5.41, 5.74) is -0.0275. The monoisotopic (exact) mass is 186 g/mol. The molecule has 1 aliphatic rings. The Balaban J connectivity index is 2.20. The third kappa shape index (κ3) is 4.07. The van der Waals surface area contributed by atoms with Gasteiger partial charge in [0, 0.05) is 12.6 Å². The first kappa shape index (κ1) is 11.0. The minimum Gasteiger partial charge on any atom is -0.360 e. The van der Waals surface area contributed by atoms with Crippen molar-refractivity contribution in [1.29, 1.82) is 0 Å². The number of hydrogen-bond acceptors (Lipinski definition) is 3. The Morgan fingerprint density at radius 2 is 2.15 bits per heavy atom. The second-order valence-electron chi connectivity index (χ2n) is 4.79. The van der Waals surface area contributed by atoms with Gasteiger partial charge in [-0.25, -0.2) is 0 Å². The Labute approximate surface area is 81.4 Å². The summed E-state index contributed by atoms with van der Waals surface area (Å²) in [7, 11) is 2.13. The van der Waals surface area contributed by atoms with Crippen molar-refractivity contribution in [2.45, 2.75) is 38.8 Å². The van der Waals surface area contributed by atoms with E-state index >= 15 is 0 Å². The van der Waals surface area contributed by atoms with Crippen LogP contribution in [0.1, 0.15) is 27.2 Å². The summed E-state index contributed by atoms with van der Waals surface area (Å²) < 4.78 is 5.70. The van der Waals surface area contributed by atoms with Gasteiger partial charge in [-0.05, 0) is 40.8 Å². The smallest absolute Gasteiger partial charge is 0.0997 e. The van der Waals surface area contributed by atoms with Gasteiger partial charge in [-0.1, -0.05) is 0 Å². The molecule has 0 aromatic heterocycles. The highest BCUT2D eigenvalue weighted by molar-refractivity contribution is 4.77. The molecule has 78 valence electrons. The zero-order valence-electron chi connectivity index (χ0n) is 9.26. The summed E-state index contributed by atoms with van der Waals surface area (Å²) in [6.07, 6.45) is 1.24. The molecule has 0 aromatic carbocycles. The molecule has 0 unspecified atom stereocenters. The van der Waals surface area contributed by atoms with E-state index < -0.39 is 0 Å². The fourth-order valence-electron chi connectivity index (χ4n) is 1.42. The van der Waals surface area contributed by atoms with E-state index in [2.05, 4.69) is 38.0 Å². The van der Waals surface area contributed by atoms with Crippen LogP contribution in [0.3, 0.4) is 0 Å². The quantitative estimate of drug-likeness (QED) is 0.667. The van der Waals surface area contributed by atoms with Gasteiger partial charge >= 0.3 is 0 Å². The number of nitrogens with zero attached hydrogens (tertiary/aromatic N) is 1. The van der Waals surface area contributed by atoms with Gasteiger partial charge in [-0.3, -0.25) is 4.90 Å². The molecule has 0 bridgehead atoms. The minimum absolute atomic E-state index is 0.0275. The van der Waals surface area contributed by atoms with E-state index in [4.69, 9.17) is 4.74 Å². The lowest BCUT2D eigenvalue weighted by atomic mass is 10.2. The maximum Gasteiger partial charge on any atom is 0.0997 e. The van der Waals surface area contributed by atoms with Gasteiger partial charge in [0.05, 0.1) is 12.3 Å². The summed E-state index contributed by atoms with van der Waals surface area (Å²) in [4.78, 5) is 2.28. The Kier molecular flexibility index (Phi) is 3.71. The van der Waals surface area contributed by atoms with Gasteiger partial charge in [0.2, 0.25) is 0 Å². The van der Waals surface area contributed by atoms with Crippen LogP contribution in [-0.2, 0) is 4.74 Å². The summed E-state index contributed by atoms with van der Waals surface area (Å²) >= 11 is 0. The van der Waals surface area contributed by atoms with Crippen LogP contribution in [0.4, 0.5) is 0 Å². The molecule has 0 saturated carbocycles. The number of rotatable bonds is 3. The molecule has 0 aliphatic carbocycles. The van der Waals surface area contributed by atoms with Crippen LogP contribution in [0, 0.1) is 0 Å². The SMILES string of the molecule is CN(COC(C)(C)C)[C@@H]1CCNC1. The third-order valence-corrected chi connectivity index (χ3v) is 2.36. The van der Waals surface area contributed by atoms with E-state index in [1.165, 1.54) is 6.42 Å². The molecule has 1 N–H and O–H groups in total. The fourth-order valence-corrected chi connectivity index (χ4v) is 1.42. The molecule has 0 amide bonds.